The van der Waals surface area contributed by atoms with Crippen molar-refractivity contribution in [2.75, 3.05) is 6.61 Å². The average molecular weight is 436 g/mol. The van der Waals surface area contributed by atoms with E-state index >= 15 is 0 Å². The van der Waals surface area contributed by atoms with Crippen LogP contribution in [-0.2, 0) is 4.74 Å². The molecule has 1 heterocycles. The second-order valence-electron chi connectivity index (χ2n) is 3.78. The smallest absolute Gasteiger partial charge is 0.376 e. The average Bonchev–Trinajstić information content (AvgIpc) is 2.74. The first-order chi connectivity index (χ1) is 9.02. The fourth-order valence-corrected chi connectivity index (χ4v) is 2.47. The summed E-state index contributed by atoms with van der Waals surface area (Å²) in [5.41, 5.74) is 1.34. The number of carbonyl (C=O) groups is 1. The molecular formula is C13H11BrINO3. The topological polar surface area (TPSA) is 52.3 Å². The molecule has 0 amide bonds. The van der Waals surface area contributed by atoms with Crippen molar-refractivity contribution in [3.05, 3.63) is 37.7 Å². The summed E-state index contributed by atoms with van der Waals surface area (Å²) in [5.74, 6) is 0.0778. The van der Waals surface area contributed by atoms with Crippen LogP contribution in [0.1, 0.15) is 23.2 Å². The Morgan fingerprint density at radius 3 is 2.95 bits per heavy atom. The Kier molecular flexibility index (Phi) is 4.62. The number of nitrogens with zero attached hydrogens (tertiary/aromatic N) is 1. The third kappa shape index (κ3) is 3.17. The summed E-state index contributed by atoms with van der Waals surface area (Å²) >= 11 is 5.66. The third-order valence-electron chi connectivity index (χ3n) is 2.42. The van der Waals surface area contributed by atoms with E-state index in [1.807, 2.05) is 18.2 Å². The Balaban J connectivity index is 2.44. The monoisotopic (exact) mass is 435 g/mol. The van der Waals surface area contributed by atoms with Crippen molar-refractivity contribution < 1.29 is 13.9 Å². The molecule has 0 spiro atoms. The maximum absolute atomic E-state index is 11.7. The molecule has 2 rings (SSSR count). The zero-order chi connectivity index (χ0) is 14.0. The van der Waals surface area contributed by atoms with Crippen LogP contribution >= 0.6 is 38.5 Å². The predicted octanol–water partition coefficient (Wildman–Crippen LogP) is 4.19. The molecule has 0 fully saturated rings. The number of aromatic nitrogens is 1. The van der Waals surface area contributed by atoms with E-state index in [0.717, 1.165) is 13.6 Å². The van der Waals surface area contributed by atoms with E-state index in [1.165, 1.54) is 0 Å². The first-order valence-corrected chi connectivity index (χ1v) is 7.50. The van der Waals surface area contributed by atoms with Crippen LogP contribution < -0.4 is 0 Å². The standard InChI is InChI=1S/C13H11BrINO3/c1-3-18-13(17)11-7(2)16-12(19-11)9-6-8(15)4-5-10(9)14/h4-6H,3H2,1-2H3. The van der Waals surface area contributed by atoms with Gasteiger partial charge in [0, 0.05) is 8.04 Å². The molecule has 0 aliphatic rings. The lowest BCUT2D eigenvalue weighted by Gasteiger charge is -2.00. The fraction of sp³-hybridized carbons (Fsp3) is 0.231. The first kappa shape index (κ1) is 14.5. The molecule has 0 bridgehead atoms. The number of hydrogen-bond donors (Lipinski definition) is 0. The van der Waals surface area contributed by atoms with Gasteiger partial charge in [-0.05, 0) is 70.6 Å². The van der Waals surface area contributed by atoms with Crippen molar-refractivity contribution in [3.8, 4) is 11.5 Å². The maximum atomic E-state index is 11.7. The minimum Gasteiger partial charge on any atom is -0.460 e. The molecule has 0 saturated heterocycles. The lowest BCUT2D eigenvalue weighted by atomic mass is 10.2. The summed E-state index contributed by atoms with van der Waals surface area (Å²) in [4.78, 5) is 16.0. The molecule has 0 saturated carbocycles. The van der Waals surface area contributed by atoms with Crippen LogP contribution in [0.5, 0.6) is 0 Å². The highest BCUT2D eigenvalue weighted by Gasteiger charge is 2.20. The molecule has 0 radical (unpaired) electrons. The molecule has 6 heteroatoms. The number of oxazole rings is 1. The van der Waals surface area contributed by atoms with Crippen LogP contribution in [0.25, 0.3) is 11.5 Å². The molecule has 100 valence electrons. The Hall–Kier alpha value is -0.890. The predicted molar refractivity (Wildman–Crippen MR) is 83.0 cm³/mol. The van der Waals surface area contributed by atoms with Gasteiger partial charge in [0.25, 0.3) is 0 Å². The fourth-order valence-electron chi connectivity index (χ4n) is 1.56. The number of aryl methyl sites for hydroxylation is 1. The largest absolute Gasteiger partial charge is 0.460 e. The van der Waals surface area contributed by atoms with Gasteiger partial charge in [0.15, 0.2) is 0 Å². The third-order valence-corrected chi connectivity index (χ3v) is 3.78. The van der Waals surface area contributed by atoms with Gasteiger partial charge in [-0.15, -0.1) is 0 Å². The molecule has 0 unspecified atom stereocenters. The maximum Gasteiger partial charge on any atom is 0.376 e. The zero-order valence-corrected chi connectivity index (χ0v) is 14.1. The Morgan fingerprint density at radius 2 is 2.26 bits per heavy atom. The molecule has 1 aromatic carbocycles. The lowest BCUT2D eigenvalue weighted by molar-refractivity contribution is 0.0490. The van der Waals surface area contributed by atoms with Crippen molar-refractivity contribution in [3.63, 3.8) is 0 Å². The number of ether oxygens (including phenoxy) is 1. The van der Waals surface area contributed by atoms with E-state index in [4.69, 9.17) is 9.15 Å². The normalized spacial score (nSPS) is 10.5. The summed E-state index contributed by atoms with van der Waals surface area (Å²) in [6.07, 6.45) is 0. The zero-order valence-electron chi connectivity index (χ0n) is 10.4. The number of esters is 1. The Morgan fingerprint density at radius 1 is 1.53 bits per heavy atom. The van der Waals surface area contributed by atoms with E-state index in [0.29, 0.717) is 18.2 Å². The quantitative estimate of drug-likeness (QED) is 0.535. The Labute approximate surface area is 132 Å². The van der Waals surface area contributed by atoms with Crippen molar-refractivity contribution in [2.45, 2.75) is 13.8 Å². The van der Waals surface area contributed by atoms with Crippen LogP contribution in [0, 0.1) is 10.5 Å². The van der Waals surface area contributed by atoms with Crippen LogP contribution in [-0.4, -0.2) is 17.6 Å². The molecular weight excluding hydrogens is 425 g/mol. The van der Waals surface area contributed by atoms with Gasteiger partial charge in [-0.1, -0.05) is 0 Å². The van der Waals surface area contributed by atoms with Gasteiger partial charge >= 0.3 is 5.97 Å². The van der Waals surface area contributed by atoms with Crippen LogP contribution in [0.2, 0.25) is 0 Å². The van der Waals surface area contributed by atoms with Gasteiger partial charge in [-0.25, -0.2) is 9.78 Å². The SMILES string of the molecule is CCOC(=O)c1oc(-c2cc(I)ccc2Br)nc1C. The molecule has 0 aliphatic heterocycles. The second kappa shape index (κ2) is 6.04. The number of hydrogen-bond acceptors (Lipinski definition) is 4. The molecule has 4 nitrogen and oxygen atoms in total. The lowest BCUT2D eigenvalue weighted by Crippen LogP contribution is -2.04. The summed E-state index contributed by atoms with van der Waals surface area (Å²) in [7, 11) is 0. The summed E-state index contributed by atoms with van der Waals surface area (Å²) < 4.78 is 12.4. The minimum absolute atomic E-state index is 0.155. The summed E-state index contributed by atoms with van der Waals surface area (Å²) in [6.45, 7) is 3.78. The van der Waals surface area contributed by atoms with E-state index < -0.39 is 5.97 Å². The van der Waals surface area contributed by atoms with Gasteiger partial charge in [-0.2, -0.15) is 0 Å². The number of rotatable bonds is 3. The van der Waals surface area contributed by atoms with E-state index in [1.54, 1.807) is 13.8 Å². The summed E-state index contributed by atoms with van der Waals surface area (Å²) in [6, 6.07) is 5.82. The molecule has 0 aliphatic carbocycles. The minimum atomic E-state index is -0.486. The highest BCUT2D eigenvalue weighted by Crippen LogP contribution is 2.30. The van der Waals surface area contributed by atoms with Gasteiger partial charge < -0.3 is 9.15 Å². The first-order valence-electron chi connectivity index (χ1n) is 5.63. The highest BCUT2D eigenvalue weighted by molar-refractivity contribution is 14.1. The number of benzene rings is 1. The van der Waals surface area contributed by atoms with Crippen molar-refractivity contribution in [2.24, 2.45) is 0 Å². The van der Waals surface area contributed by atoms with Gasteiger partial charge in [-0.3, -0.25) is 0 Å². The van der Waals surface area contributed by atoms with Crippen molar-refractivity contribution in [1.29, 1.82) is 0 Å². The van der Waals surface area contributed by atoms with Crippen molar-refractivity contribution >= 4 is 44.5 Å². The summed E-state index contributed by atoms with van der Waals surface area (Å²) in [5, 5.41) is 0. The molecule has 2 aromatic rings. The van der Waals surface area contributed by atoms with E-state index in [9.17, 15) is 4.79 Å². The van der Waals surface area contributed by atoms with Gasteiger partial charge in [0.2, 0.25) is 11.7 Å². The molecule has 19 heavy (non-hydrogen) atoms. The Bertz CT molecular complexity index is 624. The van der Waals surface area contributed by atoms with E-state index in [2.05, 4.69) is 43.5 Å². The second-order valence-corrected chi connectivity index (χ2v) is 5.88. The van der Waals surface area contributed by atoms with Gasteiger partial charge in [0.1, 0.15) is 0 Å². The van der Waals surface area contributed by atoms with Gasteiger partial charge in [0.05, 0.1) is 17.9 Å². The highest BCUT2D eigenvalue weighted by atomic mass is 127. The molecule has 0 atom stereocenters. The number of halogens is 2. The van der Waals surface area contributed by atoms with E-state index in [-0.39, 0.29) is 5.76 Å². The van der Waals surface area contributed by atoms with Crippen molar-refractivity contribution in [1.82, 2.24) is 4.98 Å². The van der Waals surface area contributed by atoms with Crippen LogP contribution in [0.4, 0.5) is 0 Å². The van der Waals surface area contributed by atoms with Crippen LogP contribution in [0.3, 0.4) is 0 Å². The number of carbonyl (C=O) groups excluding carboxylic acids is 1. The molecule has 1 aromatic heterocycles. The van der Waals surface area contributed by atoms with Crippen LogP contribution in [0.15, 0.2) is 27.1 Å². The molecule has 0 N–H and O–H groups in total.